The predicted molar refractivity (Wildman–Crippen MR) is 183 cm³/mol. The summed E-state index contributed by atoms with van der Waals surface area (Å²) >= 11 is 3.45. The van der Waals surface area contributed by atoms with E-state index in [2.05, 4.69) is 87.4 Å². The van der Waals surface area contributed by atoms with Crippen molar-refractivity contribution in [1.82, 2.24) is 0 Å². The summed E-state index contributed by atoms with van der Waals surface area (Å²) in [6.45, 7) is 13.4. The fourth-order valence-corrected chi connectivity index (χ4v) is 6.72. The number of halogens is 1. The number of thiophene rings is 2. The van der Waals surface area contributed by atoms with E-state index in [1.54, 1.807) is 28.7 Å². The van der Waals surface area contributed by atoms with Crippen LogP contribution in [0.15, 0.2) is 72.1 Å². The Morgan fingerprint density at radius 3 is 2.02 bits per heavy atom. The fraction of sp³-hybridized carbons (Fsp3) is 0.459. The molecule has 4 heteroatoms. The van der Waals surface area contributed by atoms with Crippen molar-refractivity contribution in [3.63, 3.8) is 0 Å². The van der Waals surface area contributed by atoms with Crippen molar-refractivity contribution >= 4 is 28.4 Å². The summed E-state index contributed by atoms with van der Waals surface area (Å²) in [5.41, 5.74) is 4.56. The largest absolute Gasteiger partial charge is 0.372 e. The lowest BCUT2D eigenvalue weighted by Crippen LogP contribution is -2.25. The van der Waals surface area contributed by atoms with Crippen LogP contribution < -0.4 is 4.90 Å². The standard InChI is InChI=1S/C19H25FS.C18H25NS/c1-4-6-7-15(5-2)12-16-9-10-17(18(20)13-16)19-11-8-14(3)21-19;1-3-5-13-19(14-6-4-2)17-11-9-16(10-12-17)18-8-7-15-20-18/h8-11,13,15H,4-7,12H2,1-3H3;7-12,15H,3-6,13-14H2,1-2H3. The van der Waals surface area contributed by atoms with Crippen LogP contribution in [0.5, 0.6) is 0 Å². The molecule has 0 fully saturated rings. The molecule has 0 N–H and O–H groups in total. The molecule has 41 heavy (non-hydrogen) atoms. The van der Waals surface area contributed by atoms with Crippen LogP contribution in [0.25, 0.3) is 20.9 Å². The van der Waals surface area contributed by atoms with Gasteiger partial charge in [0.05, 0.1) is 0 Å². The highest BCUT2D eigenvalue weighted by Gasteiger charge is 2.12. The van der Waals surface area contributed by atoms with Crippen LogP contribution in [0.1, 0.15) is 89.5 Å². The molecule has 4 rings (SSSR count). The number of hydrogen-bond acceptors (Lipinski definition) is 3. The van der Waals surface area contributed by atoms with Crippen molar-refractivity contribution in [2.45, 2.75) is 92.4 Å². The zero-order valence-electron chi connectivity index (χ0n) is 25.9. The summed E-state index contributed by atoms with van der Waals surface area (Å²) < 4.78 is 14.4. The number of nitrogens with zero attached hydrogens (tertiary/aromatic N) is 1. The molecule has 1 unspecified atom stereocenters. The van der Waals surface area contributed by atoms with Gasteiger partial charge in [0.15, 0.2) is 0 Å². The number of hydrogen-bond donors (Lipinski definition) is 0. The molecule has 4 aromatic rings. The van der Waals surface area contributed by atoms with Gasteiger partial charge in [-0.2, -0.15) is 0 Å². The van der Waals surface area contributed by atoms with Gasteiger partial charge in [-0.05, 0) is 85.0 Å². The second-order valence-electron chi connectivity index (χ2n) is 11.1. The minimum atomic E-state index is -0.0836. The second kappa shape index (κ2) is 18.2. The van der Waals surface area contributed by atoms with Gasteiger partial charge in [0, 0.05) is 39.0 Å². The number of anilines is 1. The van der Waals surface area contributed by atoms with E-state index in [1.165, 1.54) is 85.5 Å². The normalized spacial score (nSPS) is 11.7. The van der Waals surface area contributed by atoms with E-state index in [4.69, 9.17) is 0 Å². The van der Waals surface area contributed by atoms with Gasteiger partial charge in [-0.3, -0.25) is 0 Å². The van der Waals surface area contributed by atoms with Crippen molar-refractivity contribution in [3.8, 4) is 20.9 Å². The summed E-state index contributed by atoms with van der Waals surface area (Å²) in [5.74, 6) is 0.596. The summed E-state index contributed by atoms with van der Waals surface area (Å²) in [7, 11) is 0. The maximum Gasteiger partial charge on any atom is 0.132 e. The highest BCUT2D eigenvalue weighted by atomic mass is 32.1. The van der Waals surface area contributed by atoms with Gasteiger partial charge in [0.2, 0.25) is 0 Å². The fourth-order valence-electron chi connectivity index (χ4n) is 5.09. The lowest BCUT2D eigenvalue weighted by atomic mass is 9.91. The van der Waals surface area contributed by atoms with Crippen LogP contribution in [0.3, 0.4) is 0 Å². The van der Waals surface area contributed by atoms with E-state index in [1.807, 2.05) is 18.2 Å². The second-order valence-corrected chi connectivity index (χ2v) is 13.3. The zero-order chi connectivity index (χ0) is 29.5. The van der Waals surface area contributed by atoms with Crippen molar-refractivity contribution < 1.29 is 4.39 Å². The molecule has 2 aromatic heterocycles. The third-order valence-electron chi connectivity index (χ3n) is 7.71. The van der Waals surface area contributed by atoms with Crippen LogP contribution in [-0.2, 0) is 6.42 Å². The number of unbranched alkanes of at least 4 members (excludes halogenated alkanes) is 3. The number of rotatable bonds is 15. The first-order valence-corrected chi connectivity index (χ1v) is 17.4. The van der Waals surface area contributed by atoms with Crippen molar-refractivity contribution in [2.24, 2.45) is 5.92 Å². The number of benzene rings is 2. The predicted octanol–water partition coefficient (Wildman–Crippen LogP) is 12.4. The van der Waals surface area contributed by atoms with E-state index in [0.717, 1.165) is 22.4 Å². The van der Waals surface area contributed by atoms with Crippen molar-refractivity contribution in [3.05, 3.63) is 88.4 Å². The summed E-state index contributed by atoms with van der Waals surface area (Å²) in [4.78, 5) is 6.13. The lowest BCUT2D eigenvalue weighted by Gasteiger charge is -2.24. The molecule has 222 valence electrons. The third-order valence-corrected chi connectivity index (χ3v) is 9.66. The molecule has 0 aliphatic heterocycles. The Morgan fingerprint density at radius 2 is 1.49 bits per heavy atom. The van der Waals surface area contributed by atoms with Gasteiger partial charge in [-0.15, -0.1) is 22.7 Å². The van der Waals surface area contributed by atoms with Gasteiger partial charge in [0.25, 0.3) is 0 Å². The SMILES string of the molecule is CCCCC(CC)Cc1ccc(-c2ccc(C)s2)c(F)c1.CCCCN(CCCC)c1ccc(-c2cccs2)cc1. The molecular formula is C37H50FNS2. The van der Waals surface area contributed by atoms with E-state index >= 15 is 0 Å². The zero-order valence-corrected chi connectivity index (χ0v) is 27.6. The maximum atomic E-state index is 14.4. The molecule has 2 heterocycles. The molecule has 1 nitrogen and oxygen atoms in total. The Kier molecular flexibility index (Phi) is 14.7. The smallest absolute Gasteiger partial charge is 0.132 e. The Labute approximate surface area is 257 Å². The highest BCUT2D eigenvalue weighted by molar-refractivity contribution is 7.15. The molecular weight excluding hydrogens is 542 g/mol. The van der Waals surface area contributed by atoms with E-state index < -0.39 is 0 Å². The van der Waals surface area contributed by atoms with Gasteiger partial charge >= 0.3 is 0 Å². The third kappa shape index (κ3) is 10.7. The van der Waals surface area contributed by atoms with Crippen molar-refractivity contribution in [1.29, 1.82) is 0 Å². The van der Waals surface area contributed by atoms with Gasteiger partial charge in [-0.1, -0.05) is 96.6 Å². The first kappa shape index (κ1) is 33.1. The molecule has 0 amide bonds. The van der Waals surface area contributed by atoms with E-state index in [0.29, 0.717) is 5.92 Å². The molecule has 2 aromatic carbocycles. The lowest BCUT2D eigenvalue weighted by molar-refractivity contribution is 0.448. The van der Waals surface area contributed by atoms with Crippen LogP contribution >= 0.6 is 22.7 Å². The molecule has 0 aliphatic carbocycles. The van der Waals surface area contributed by atoms with E-state index in [-0.39, 0.29) is 5.82 Å². The topological polar surface area (TPSA) is 3.24 Å². The average Bonchev–Trinajstić information content (AvgIpc) is 3.68. The molecule has 0 bridgehead atoms. The maximum absolute atomic E-state index is 14.4. The minimum absolute atomic E-state index is 0.0836. The van der Waals surface area contributed by atoms with Crippen LogP contribution in [0.4, 0.5) is 10.1 Å². The highest BCUT2D eigenvalue weighted by Crippen LogP contribution is 2.31. The average molecular weight is 592 g/mol. The molecule has 0 saturated heterocycles. The van der Waals surface area contributed by atoms with Crippen LogP contribution in [-0.4, -0.2) is 13.1 Å². The van der Waals surface area contributed by atoms with Gasteiger partial charge < -0.3 is 4.90 Å². The van der Waals surface area contributed by atoms with E-state index in [9.17, 15) is 4.39 Å². The molecule has 0 spiro atoms. The number of aryl methyl sites for hydroxylation is 1. The van der Waals surface area contributed by atoms with Gasteiger partial charge in [-0.25, -0.2) is 4.39 Å². The summed E-state index contributed by atoms with van der Waals surface area (Å²) in [6, 6.07) is 23.2. The quantitative estimate of drug-likeness (QED) is 0.133. The molecule has 0 radical (unpaired) electrons. The Morgan fingerprint density at radius 1 is 0.780 bits per heavy atom. The van der Waals surface area contributed by atoms with Crippen LogP contribution in [0.2, 0.25) is 0 Å². The van der Waals surface area contributed by atoms with Crippen LogP contribution in [0, 0.1) is 18.7 Å². The monoisotopic (exact) mass is 591 g/mol. The Bertz CT molecular complexity index is 1230. The Hall–Kier alpha value is -2.43. The molecule has 0 saturated carbocycles. The minimum Gasteiger partial charge on any atom is -0.372 e. The van der Waals surface area contributed by atoms with Gasteiger partial charge in [0.1, 0.15) is 5.82 Å². The van der Waals surface area contributed by atoms with Crippen molar-refractivity contribution in [2.75, 3.05) is 18.0 Å². The molecule has 0 aliphatic rings. The summed E-state index contributed by atoms with van der Waals surface area (Å²) in [5, 5.41) is 2.14. The Balaban J connectivity index is 0.000000226. The first-order valence-electron chi connectivity index (χ1n) is 15.7. The molecule has 1 atom stereocenters. The first-order chi connectivity index (χ1) is 20.0. The summed E-state index contributed by atoms with van der Waals surface area (Å²) in [6.07, 6.45) is 11.0.